The molecule has 0 radical (unpaired) electrons. The number of ether oxygens (including phenoxy) is 5. The first-order chi connectivity index (χ1) is 41.6. The van der Waals surface area contributed by atoms with Crippen LogP contribution in [-0.2, 0) is 92.4 Å². The van der Waals surface area contributed by atoms with Crippen molar-refractivity contribution in [3.8, 4) is 23.2 Å². The monoisotopic (exact) mass is 1190 g/mol. The number of benzene rings is 2. The van der Waals surface area contributed by atoms with E-state index in [1.54, 1.807) is 65.1 Å². The smallest absolute Gasteiger partial charge is 0.457 e. The van der Waals surface area contributed by atoms with Crippen LogP contribution in [0.3, 0.4) is 0 Å². The van der Waals surface area contributed by atoms with Crippen LogP contribution in [0.5, 0.6) is 0 Å². The highest BCUT2D eigenvalue weighted by molar-refractivity contribution is 7.98. The van der Waals surface area contributed by atoms with E-state index in [0.717, 1.165) is 33.2 Å². The Kier molecular flexibility index (Phi) is 22.4. The summed E-state index contributed by atoms with van der Waals surface area (Å²) in [6.45, 7) is 6.01. The molecule has 8 rings (SSSR count). The average Bonchev–Trinajstić information content (AvgIpc) is 2.11. The Morgan fingerprint density at radius 1 is 0.907 bits per heavy atom. The van der Waals surface area contributed by atoms with Crippen molar-refractivity contribution in [1.82, 2.24) is 39.8 Å². The topological polar surface area (TPSA) is 307 Å². The van der Waals surface area contributed by atoms with Crippen molar-refractivity contribution in [2.75, 3.05) is 44.5 Å². The number of nitrogens with two attached hydrogens (primary N) is 1. The summed E-state index contributed by atoms with van der Waals surface area (Å²) in [5.41, 5.74) is 10.6. The Hall–Kier alpha value is -8.66. The minimum atomic E-state index is -1.98. The molecule has 0 bridgehead atoms. The zero-order chi connectivity index (χ0) is 61.2. The molecule has 0 unspecified atom stereocenters. The lowest BCUT2D eigenvalue weighted by atomic mass is 9.85. The number of aromatic nitrogens is 7. The van der Waals surface area contributed by atoms with Gasteiger partial charge < -0.3 is 44.6 Å². The molecule has 4 aromatic heterocycles. The van der Waals surface area contributed by atoms with Crippen molar-refractivity contribution in [1.29, 1.82) is 0 Å². The first-order valence-electron chi connectivity index (χ1n) is 28.7. The van der Waals surface area contributed by atoms with Crippen LogP contribution in [0.2, 0.25) is 0 Å². The van der Waals surface area contributed by atoms with E-state index in [0.29, 0.717) is 111 Å². The molecule has 3 amide bonds. The second-order valence-corrected chi connectivity index (χ2v) is 21.7. The number of anilines is 1. The van der Waals surface area contributed by atoms with Gasteiger partial charge in [-0.3, -0.25) is 24.0 Å². The van der Waals surface area contributed by atoms with Gasteiger partial charge in [0.15, 0.2) is 16.7 Å². The van der Waals surface area contributed by atoms with Gasteiger partial charge in [-0.15, -0.1) is 5.10 Å². The molecule has 0 saturated carbocycles. The predicted octanol–water partition coefficient (Wildman–Crippen LogP) is 7.18. The number of amides is 3. The van der Waals surface area contributed by atoms with Crippen LogP contribution in [0.4, 0.5) is 15.3 Å². The number of unbranched alkanes of at least 4 members (excludes halogenated alkanes) is 1. The van der Waals surface area contributed by atoms with Gasteiger partial charge in [0.2, 0.25) is 11.5 Å². The van der Waals surface area contributed by atoms with E-state index in [1.165, 1.54) is 11.8 Å². The third-order valence-electron chi connectivity index (χ3n) is 14.8. The van der Waals surface area contributed by atoms with Gasteiger partial charge in [-0.1, -0.05) is 66.4 Å². The number of aryl methyl sites for hydroxylation is 3. The van der Waals surface area contributed by atoms with E-state index in [9.17, 15) is 38.4 Å². The van der Waals surface area contributed by atoms with E-state index < -0.39 is 48.0 Å². The van der Waals surface area contributed by atoms with Gasteiger partial charge in [-0.25, -0.2) is 34.0 Å². The largest absolute Gasteiger partial charge is 0.510 e. The first kappa shape index (κ1) is 63.4. The number of nitrogens with zero attached hydrogens (tertiary/aromatic N) is 7. The number of carbonyl (C=O) groups is 7. The molecule has 2 atom stereocenters. The van der Waals surface area contributed by atoms with Crippen molar-refractivity contribution >= 4 is 69.8 Å². The number of hydrogen-bond donors (Lipinski definition) is 3. The lowest BCUT2D eigenvalue weighted by Crippen LogP contribution is -2.47. The molecular weight excluding hydrogens is 1120 g/mol. The zero-order valence-electron chi connectivity index (χ0n) is 48.7. The molecule has 86 heavy (non-hydrogen) atoms. The molecule has 4 N–H and O–H groups in total. The molecule has 0 aliphatic carbocycles. The number of nitrogens with one attached hydrogen (secondary N) is 2. The fourth-order valence-corrected chi connectivity index (χ4v) is 10.6. The number of urea groups is 1. The number of cyclic esters (lactones) is 1. The second kappa shape index (κ2) is 30.4. The molecule has 2 aromatic carbocycles. The molecule has 6 aromatic rings. The Balaban J connectivity index is 0.740. The fraction of sp³-hybridized carbons (Fsp3) is 0.435. The van der Waals surface area contributed by atoms with Crippen molar-refractivity contribution in [3.63, 3.8) is 0 Å². The van der Waals surface area contributed by atoms with E-state index >= 15 is 0 Å². The van der Waals surface area contributed by atoms with Crippen LogP contribution >= 0.6 is 11.8 Å². The molecule has 6 heterocycles. The van der Waals surface area contributed by atoms with Gasteiger partial charge in [0, 0.05) is 92.0 Å². The number of primary amides is 1. The molecule has 0 spiro atoms. The summed E-state index contributed by atoms with van der Waals surface area (Å²) >= 11 is 1.46. The van der Waals surface area contributed by atoms with Crippen LogP contribution in [0.15, 0.2) is 77.1 Å². The minimum Gasteiger partial charge on any atom is -0.457 e. The number of fused-ring (bicyclic) bond motifs is 5. The highest BCUT2D eigenvalue weighted by Crippen LogP contribution is 2.42. The number of thioether (sulfide) groups is 1. The normalized spacial score (nSPS) is 14.2. The van der Waals surface area contributed by atoms with E-state index in [-0.39, 0.29) is 80.3 Å². The van der Waals surface area contributed by atoms with Crippen LogP contribution in [0, 0.1) is 24.7 Å². The molecule has 2 aliphatic rings. The lowest BCUT2D eigenvalue weighted by Gasteiger charge is -2.35. The van der Waals surface area contributed by atoms with Crippen molar-refractivity contribution in [2.24, 2.45) is 11.7 Å². The fourth-order valence-electron chi connectivity index (χ4n) is 10.3. The first-order valence-corrected chi connectivity index (χ1v) is 29.9. The van der Waals surface area contributed by atoms with Crippen LogP contribution in [0.25, 0.3) is 22.3 Å². The van der Waals surface area contributed by atoms with Crippen LogP contribution < -0.4 is 21.9 Å². The third-order valence-corrected chi connectivity index (χ3v) is 15.3. The van der Waals surface area contributed by atoms with Gasteiger partial charge in [-0.2, -0.15) is 0 Å². The quantitative estimate of drug-likeness (QED) is 0.0127. The highest BCUT2D eigenvalue weighted by atomic mass is 32.2. The average molecular weight is 1200 g/mol. The standard InChI is InChI=1S/C62H70N10O13S/c1-5-48-49-28-39(3)16-23-53(49)68-55-50(48)34-72-54(55)30-52-51(57(72)77)38-83-58(78)62(52,6-2)85-61(80)84-35-40-17-19-43(20-18-40)67-56(76)42(13-10-24-64-59(63)79)29-47(75)37-82-36-46(74)15-11-26-81-27-25-71-33-44(69-70-71)21-22-45(73)14-9-7-8-12-41-31-65-60(86-4)66-32-41/h16-20,23,28,30-33,42H,5-7,9-11,13-15,21-22,24-27,29,34-38H2,1-4H3,(H,67,76)(H3,63,64,79)/t42-,62+/m1/s1. The van der Waals surface area contributed by atoms with Gasteiger partial charge in [0.05, 0.1) is 53.4 Å². The lowest BCUT2D eigenvalue weighted by molar-refractivity contribution is -0.175. The molecule has 23 nitrogen and oxygen atoms in total. The summed E-state index contributed by atoms with van der Waals surface area (Å²) in [5.74, 6) is 3.44. The summed E-state index contributed by atoms with van der Waals surface area (Å²) in [6, 6.07) is 13.4. The summed E-state index contributed by atoms with van der Waals surface area (Å²) < 4.78 is 31.2. The number of ketones is 3. The maximum atomic E-state index is 14.2. The van der Waals surface area contributed by atoms with Gasteiger partial charge in [0.1, 0.15) is 32.2 Å². The highest BCUT2D eigenvalue weighted by Gasteiger charge is 2.51. The molecule has 452 valence electrons. The number of carbonyl (C=O) groups excluding carboxylic acids is 7. The summed E-state index contributed by atoms with van der Waals surface area (Å²) in [4.78, 5) is 118. The van der Waals surface area contributed by atoms with Crippen molar-refractivity contribution in [2.45, 2.75) is 135 Å². The molecular formula is C62H70N10O13S. The van der Waals surface area contributed by atoms with Crippen LogP contribution in [-0.4, -0.2) is 115 Å². The molecule has 24 heteroatoms. The molecule has 0 fully saturated rings. The third kappa shape index (κ3) is 16.6. The summed E-state index contributed by atoms with van der Waals surface area (Å²) in [6.07, 6.45) is 10.0. The minimum absolute atomic E-state index is 0.0579. The van der Waals surface area contributed by atoms with Crippen molar-refractivity contribution in [3.05, 3.63) is 122 Å². The number of hydrogen-bond acceptors (Lipinski definition) is 19. The van der Waals surface area contributed by atoms with E-state index in [2.05, 4.69) is 55.7 Å². The number of rotatable bonds is 31. The van der Waals surface area contributed by atoms with Crippen molar-refractivity contribution < 1.29 is 57.2 Å². The van der Waals surface area contributed by atoms with E-state index in [1.807, 2.05) is 25.3 Å². The van der Waals surface area contributed by atoms with Gasteiger partial charge >= 0.3 is 18.2 Å². The summed E-state index contributed by atoms with van der Waals surface area (Å²) in [5, 5.41) is 15.3. The summed E-state index contributed by atoms with van der Waals surface area (Å²) in [7, 11) is 0. The Morgan fingerprint density at radius 3 is 2.44 bits per heavy atom. The Bertz CT molecular complexity index is 3600. The zero-order valence-corrected chi connectivity index (χ0v) is 49.5. The number of esters is 1. The molecule has 2 aliphatic heterocycles. The van der Waals surface area contributed by atoms with Gasteiger partial charge in [0.25, 0.3) is 5.56 Å². The SMILES string of the molecule is CCc1c2c(nc3ccc(C)cc13)-c1cc3c(c(=O)n1C2)COC(=O)[C@@]3(CC)OC(=O)OCc1ccc(NC(=O)[C@H](CCCNC(N)=O)CC(=O)COCC(=O)CCCOCCn2cc(CCC(=O)CCCC#Cc3cnc(SC)nc3)nn2)cc1. The van der Waals surface area contributed by atoms with Crippen LogP contribution in [0.1, 0.15) is 123 Å². The maximum absolute atomic E-state index is 14.2. The van der Waals surface area contributed by atoms with E-state index in [4.69, 9.17) is 34.4 Å². The van der Waals surface area contributed by atoms with Gasteiger partial charge in [-0.05, 0) is 99.6 Å². The predicted molar refractivity (Wildman–Crippen MR) is 316 cm³/mol. The molecule has 0 saturated heterocycles. The maximum Gasteiger partial charge on any atom is 0.510 e. The number of pyridine rings is 2. The Morgan fingerprint density at radius 2 is 1.69 bits per heavy atom. The second-order valence-electron chi connectivity index (χ2n) is 20.9. The Labute approximate surface area is 501 Å². The number of Topliss-reactive ketones (excluding diaryl/α,β-unsaturated/α-hetero) is 3.